The van der Waals surface area contributed by atoms with Crippen molar-refractivity contribution >= 4 is 51.6 Å². The number of hydrogen-bond acceptors (Lipinski definition) is 5. The molecule has 1 saturated heterocycles. The van der Waals surface area contributed by atoms with E-state index in [0.717, 1.165) is 26.5 Å². The summed E-state index contributed by atoms with van der Waals surface area (Å²) in [7, 11) is 1.58. The first-order chi connectivity index (χ1) is 13.8. The molecule has 2 aromatic carbocycles. The number of hydrogen-bond donors (Lipinski definition) is 0. The van der Waals surface area contributed by atoms with Gasteiger partial charge in [0.2, 0.25) is 0 Å². The van der Waals surface area contributed by atoms with Gasteiger partial charge in [-0.15, -0.1) is 0 Å². The molecule has 3 rings (SSSR count). The van der Waals surface area contributed by atoms with Crippen molar-refractivity contribution in [2.75, 3.05) is 7.11 Å². The fourth-order valence-corrected chi connectivity index (χ4v) is 4.62. The molecule has 29 heavy (non-hydrogen) atoms. The molecule has 1 fully saturated rings. The van der Waals surface area contributed by atoms with Crippen molar-refractivity contribution in [1.82, 2.24) is 4.90 Å². The lowest BCUT2D eigenvalue weighted by molar-refractivity contribution is -0.123. The highest BCUT2D eigenvalue weighted by Crippen LogP contribution is 2.38. The smallest absolute Gasteiger partial charge is 0.293 e. The monoisotopic (exact) mass is 523 g/mol. The summed E-state index contributed by atoms with van der Waals surface area (Å²) in [4.78, 5) is 26.3. The number of aryl methyl sites for hydroxylation is 1. The average Bonchev–Trinajstić information content (AvgIpc) is 2.95. The van der Waals surface area contributed by atoms with Crippen molar-refractivity contribution in [1.29, 1.82) is 0 Å². The summed E-state index contributed by atoms with van der Waals surface area (Å²) in [5.74, 6) is 0.975. The summed E-state index contributed by atoms with van der Waals surface area (Å²) in [5.41, 5.74) is 3.05. The van der Waals surface area contributed by atoms with E-state index in [1.54, 1.807) is 13.2 Å². The zero-order valence-electron chi connectivity index (χ0n) is 16.7. The molecule has 2 aromatic rings. The minimum absolute atomic E-state index is 0.166. The number of amides is 2. The molecule has 1 aliphatic rings. The number of carbonyl (C=O) groups excluding carboxylic acids is 2. The summed E-state index contributed by atoms with van der Waals surface area (Å²) in [6, 6.07) is 11.7. The van der Waals surface area contributed by atoms with Crippen LogP contribution in [0.4, 0.5) is 4.79 Å². The lowest BCUT2D eigenvalue weighted by atomic mass is 10.1. The third-order valence-corrected chi connectivity index (χ3v) is 6.08. The van der Waals surface area contributed by atoms with Crippen LogP contribution in [0.3, 0.4) is 0 Å². The van der Waals surface area contributed by atoms with Crippen LogP contribution < -0.4 is 9.47 Å². The van der Waals surface area contributed by atoms with Gasteiger partial charge in [-0.2, -0.15) is 0 Å². The maximum Gasteiger partial charge on any atom is 0.293 e. The van der Waals surface area contributed by atoms with Gasteiger partial charge < -0.3 is 9.47 Å². The second-order valence-electron chi connectivity index (χ2n) is 6.95. The Morgan fingerprint density at radius 1 is 1.17 bits per heavy atom. The molecule has 0 aromatic heterocycles. The molecule has 7 heteroatoms. The second-order valence-corrected chi connectivity index (χ2v) is 9.11. The summed E-state index contributed by atoms with van der Waals surface area (Å²) in [6.45, 7) is 6.13. The van der Waals surface area contributed by atoms with Gasteiger partial charge in [0.25, 0.3) is 11.1 Å². The molecule has 1 heterocycles. The first kappa shape index (κ1) is 21.7. The van der Waals surface area contributed by atoms with E-state index < -0.39 is 0 Å². The van der Waals surface area contributed by atoms with Crippen LogP contribution in [-0.4, -0.2) is 29.2 Å². The van der Waals surface area contributed by atoms with Gasteiger partial charge in [-0.1, -0.05) is 29.8 Å². The first-order valence-corrected chi connectivity index (χ1v) is 11.0. The molecule has 0 atom stereocenters. The Hall–Kier alpha value is -2.00. The van der Waals surface area contributed by atoms with Crippen LogP contribution in [0, 0.1) is 10.5 Å². The average molecular weight is 523 g/mol. The highest BCUT2D eigenvalue weighted by atomic mass is 127. The van der Waals surface area contributed by atoms with Gasteiger partial charge in [0.15, 0.2) is 11.5 Å². The standard InChI is InChI=1S/C22H22INO4S/c1-13(2)24-21(25)19(29-22(24)26)11-16-9-17(23)20(18(10-16)27-4)28-12-15-7-5-14(3)6-8-15/h5-11,13H,12H2,1-4H3/b19-11+. The number of benzene rings is 2. The Morgan fingerprint density at radius 3 is 2.45 bits per heavy atom. The molecule has 5 nitrogen and oxygen atoms in total. The fourth-order valence-electron chi connectivity index (χ4n) is 2.88. The van der Waals surface area contributed by atoms with Gasteiger partial charge in [0.05, 0.1) is 15.6 Å². The highest BCUT2D eigenvalue weighted by molar-refractivity contribution is 14.1. The molecule has 0 bridgehead atoms. The lowest BCUT2D eigenvalue weighted by Crippen LogP contribution is -2.34. The molecule has 0 aliphatic carbocycles. The van der Waals surface area contributed by atoms with Gasteiger partial charge in [0.1, 0.15) is 6.61 Å². The second kappa shape index (κ2) is 9.21. The van der Waals surface area contributed by atoms with Crippen molar-refractivity contribution in [3.63, 3.8) is 0 Å². The number of halogens is 1. The third kappa shape index (κ3) is 4.95. The van der Waals surface area contributed by atoms with Gasteiger partial charge in [-0.05, 0) is 84.5 Å². The Morgan fingerprint density at radius 2 is 1.86 bits per heavy atom. The van der Waals surface area contributed by atoms with E-state index in [-0.39, 0.29) is 17.2 Å². The van der Waals surface area contributed by atoms with E-state index in [1.807, 2.05) is 57.2 Å². The predicted molar refractivity (Wildman–Crippen MR) is 124 cm³/mol. The quantitative estimate of drug-likeness (QED) is 0.363. The number of ether oxygens (including phenoxy) is 2. The van der Waals surface area contributed by atoms with Crippen LogP contribution >= 0.6 is 34.4 Å². The third-order valence-electron chi connectivity index (χ3n) is 4.39. The fraction of sp³-hybridized carbons (Fsp3) is 0.273. The summed E-state index contributed by atoms with van der Waals surface area (Å²) in [6.07, 6.45) is 1.72. The molecule has 0 N–H and O–H groups in total. The zero-order valence-corrected chi connectivity index (χ0v) is 19.7. The molecule has 0 radical (unpaired) electrons. The van der Waals surface area contributed by atoms with Gasteiger partial charge in [-0.25, -0.2) is 0 Å². The van der Waals surface area contributed by atoms with Crippen molar-refractivity contribution in [3.05, 3.63) is 61.6 Å². The SMILES string of the molecule is COc1cc(/C=C2/SC(=O)N(C(C)C)C2=O)cc(I)c1OCc1ccc(C)cc1. The minimum atomic E-state index is -0.260. The Balaban J connectivity index is 1.84. The van der Waals surface area contributed by atoms with Gasteiger partial charge >= 0.3 is 0 Å². The summed E-state index contributed by atoms with van der Waals surface area (Å²) < 4.78 is 12.4. The number of imide groups is 1. The number of rotatable bonds is 6. The Labute approximate surface area is 188 Å². The Bertz CT molecular complexity index is 970. The first-order valence-electron chi connectivity index (χ1n) is 9.13. The largest absolute Gasteiger partial charge is 0.493 e. The van der Waals surface area contributed by atoms with Crippen molar-refractivity contribution < 1.29 is 19.1 Å². The van der Waals surface area contributed by atoms with Gasteiger partial charge in [-0.3, -0.25) is 14.5 Å². The molecule has 152 valence electrons. The normalized spacial score (nSPS) is 15.5. The number of thioether (sulfide) groups is 1. The maximum absolute atomic E-state index is 12.5. The van der Waals surface area contributed by atoms with Crippen LogP contribution in [0.5, 0.6) is 11.5 Å². The van der Waals surface area contributed by atoms with E-state index >= 15 is 0 Å². The van der Waals surface area contributed by atoms with Crippen LogP contribution in [0.2, 0.25) is 0 Å². The van der Waals surface area contributed by atoms with E-state index in [2.05, 4.69) is 22.6 Å². The molecule has 0 spiro atoms. The lowest BCUT2D eigenvalue weighted by Gasteiger charge is -2.16. The van der Waals surface area contributed by atoms with Gasteiger partial charge in [0, 0.05) is 6.04 Å². The zero-order chi connectivity index (χ0) is 21.1. The van der Waals surface area contributed by atoms with Crippen LogP contribution in [0.1, 0.15) is 30.5 Å². The summed E-state index contributed by atoms with van der Waals surface area (Å²) >= 11 is 3.15. The maximum atomic E-state index is 12.5. The van der Waals surface area contributed by atoms with E-state index in [1.165, 1.54) is 10.5 Å². The molecule has 2 amide bonds. The van der Waals surface area contributed by atoms with Crippen molar-refractivity contribution in [3.8, 4) is 11.5 Å². The molecule has 1 aliphatic heterocycles. The van der Waals surface area contributed by atoms with Crippen LogP contribution in [-0.2, 0) is 11.4 Å². The topological polar surface area (TPSA) is 55.8 Å². The van der Waals surface area contributed by atoms with Crippen LogP contribution in [0.15, 0.2) is 41.3 Å². The molecule has 0 saturated carbocycles. The molecular weight excluding hydrogens is 501 g/mol. The van der Waals surface area contributed by atoms with Crippen molar-refractivity contribution in [2.45, 2.75) is 33.4 Å². The molecular formula is C22H22INO4S. The Kier molecular flexibility index (Phi) is 6.89. The summed E-state index contributed by atoms with van der Waals surface area (Å²) in [5, 5.41) is -0.240. The minimum Gasteiger partial charge on any atom is -0.493 e. The van der Waals surface area contributed by atoms with E-state index in [0.29, 0.717) is 23.0 Å². The number of methoxy groups -OCH3 is 1. The van der Waals surface area contributed by atoms with Crippen LogP contribution in [0.25, 0.3) is 6.08 Å². The van der Waals surface area contributed by atoms with E-state index in [4.69, 9.17) is 9.47 Å². The van der Waals surface area contributed by atoms with E-state index in [9.17, 15) is 9.59 Å². The van der Waals surface area contributed by atoms with Crippen molar-refractivity contribution in [2.24, 2.45) is 0 Å². The number of carbonyl (C=O) groups is 2. The predicted octanol–water partition coefficient (Wildman–Crippen LogP) is 5.63. The molecule has 0 unspecified atom stereocenters. The highest BCUT2D eigenvalue weighted by Gasteiger charge is 2.36. The number of nitrogens with zero attached hydrogens (tertiary/aromatic N) is 1.